The van der Waals surface area contributed by atoms with Gasteiger partial charge < -0.3 is 29.7 Å². The molecule has 5 aliphatic heterocycles. The van der Waals surface area contributed by atoms with E-state index in [0.717, 1.165) is 44.0 Å². The number of pyridine rings is 1. The molecule has 0 saturated carbocycles. The fourth-order valence-electron chi connectivity index (χ4n) is 10.2. The molecular formula is C46H46F2N12O5S. The molecule has 0 aliphatic carbocycles. The standard InChI is InChI=1S/C46H46F2N12O5S/c47-31-16-28(17-34-30(31)21-60(55-34)41(43(64)54-44-49-11-15-66-44)40-36-2-1-12-57(36)26-51-40)27-3-7-37(50-20-27)58-22-45(23-58)24-59(25-45)39(62)19-46(65)9-13-56(14-10-46)35-6-4-29(18-32(35)48)52-33-5-8-38(61)53-42(33)63/h3-4,6-7,11,15-18,20-21,26,33,41,52,65H,1-2,5,8-10,12-14,19,22-25H2,(H,49,54,64)(H,53,61,63). The number of imidazole rings is 1. The molecule has 66 heavy (non-hydrogen) atoms. The Kier molecular flexibility index (Phi) is 10.3. The van der Waals surface area contributed by atoms with Gasteiger partial charge in [0.2, 0.25) is 17.7 Å². The van der Waals surface area contributed by atoms with Crippen LogP contribution in [0.15, 0.2) is 72.8 Å². The number of amides is 4. The quantitative estimate of drug-likeness (QED) is 0.133. The molecule has 2 aromatic carbocycles. The Balaban J connectivity index is 0.681. The number of carbonyl (C=O) groups excluding carboxylic acids is 4. The Bertz CT molecular complexity index is 2880. The van der Waals surface area contributed by atoms with E-state index in [1.54, 1.807) is 53.4 Å². The fourth-order valence-corrected chi connectivity index (χ4v) is 10.7. The number of benzene rings is 2. The highest BCUT2D eigenvalue weighted by atomic mass is 32.1. The van der Waals surface area contributed by atoms with Gasteiger partial charge in [-0.3, -0.25) is 34.5 Å². The number of piperidine rings is 2. The summed E-state index contributed by atoms with van der Waals surface area (Å²) in [5.74, 6) is -1.37. The Morgan fingerprint density at radius 2 is 1.77 bits per heavy atom. The number of aromatic nitrogens is 6. The summed E-state index contributed by atoms with van der Waals surface area (Å²) in [4.78, 5) is 70.1. The van der Waals surface area contributed by atoms with E-state index < -0.39 is 35.2 Å². The van der Waals surface area contributed by atoms with Crippen LogP contribution in [-0.4, -0.2) is 114 Å². The molecule has 0 radical (unpaired) electrons. The molecule has 2 unspecified atom stereocenters. The predicted octanol–water partition coefficient (Wildman–Crippen LogP) is 4.49. The number of halogens is 2. The van der Waals surface area contributed by atoms with Gasteiger partial charge in [-0.05, 0) is 80.1 Å². The molecule has 5 aliphatic rings. The summed E-state index contributed by atoms with van der Waals surface area (Å²) >= 11 is 1.30. The van der Waals surface area contributed by atoms with Crippen LogP contribution in [0, 0.1) is 17.0 Å². The van der Waals surface area contributed by atoms with Crippen molar-refractivity contribution < 1.29 is 33.1 Å². The molecular weight excluding hydrogens is 871 g/mol. The molecule has 340 valence electrons. The lowest BCUT2D eigenvalue weighted by Gasteiger charge is -2.60. The lowest BCUT2D eigenvalue weighted by Crippen LogP contribution is -2.73. The highest BCUT2D eigenvalue weighted by Crippen LogP contribution is 2.43. The predicted molar refractivity (Wildman–Crippen MR) is 241 cm³/mol. The van der Waals surface area contributed by atoms with Crippen molar-refractivity contribution in [3.63, 3.8) is 0 Å². The molecule has 2 atom stereocenters. The highest BCUT2D eigenvalue weighted by Gasteiger charge is 2.54. The van der Waals surface area contributed by atoms with Gasteiger partial charge in [0.15, 0.2) is 11.2 Å². The van der Waals surface area contributed by atoms with E-state index in [9.17, 15) is 24.3 Å². The van der Waals surface area contributed by atoms with Gasteiger partial charge in [-0.1, -0.05) is 0 Å². The van der Waals surface area contributed by atoms with Crippen LogP contribution in [0.25, 0.3) is 22.0 Å². The van der Waals surface area contributed by atoms with E-state index in [-0.39, 0.29) is 41.4 Å². The summed E-state index contributed by atoms with van der Waals surface area (Å²) in [6, 6.07) is 10.2. The van der Waals surface area contributed by atoms with E-state index in [0.29, 0.717) is 84.3 Å². The smallest absolute Gasteiger partial charge is 0.257 e. The van der Waals surface area contributed by atoms with E-state index in [1.165, 1.54) is 28.2 Å². The van der Waals surface area contributed by atoms with Crippen molar-refractivity contribution in [2.75, 3.05) is 59.7 Å². The summed E-state index contributed by atoms with van der Waals surface area (Å²) in [6.07, 6.45) is 9.53. The second kappa shape index (κ2) is 16.3. The van der Waals surface area contributed by atoms with Gasteiger partial charge in [0.25, 0.3) is 5.91 Å². The number of anilines is 4. The van der Waals surface area contributed by atoms with Crippen molar-refractivity contribution in [3.05, 3.63) is 95.8 Å². The van der Waals surface area contributed by atoms with Gasteiger partial charge in [0, 0.05) is 98.6 Å². The zero-order valence-corrected chi connectivity index (χ0v) is 36.6. The first-order valence-corrected chi connectivity index (χ1v) is 23.1. The molecule has 0 bridgehead atoms. The minimum atomic E-state index is -1.19. The van der Waals surface area contributed by atoms with Crippen LogP contribution in [0.5, 0.6) is 0 Å². The second-order valence-electron chi connectivity index (χ2n) is 18.3. The number of fused-ring (bicyclic) bond motifs is 2. The number of hydrogen-bond donors (Lipinski definition) is 4. The third-order valence-corrected chi connectivity index (χ3v) is 14.4. The van der Waals surface area contributed by atoms with Crippen LogP contribution >= 0.6 is 11.3 Å². The number of aryl methyl sites for hydroxylation is 1. The van der Waals surface area contributed by atoms with Crippen molar-refractivity contribution in [1.29, 1.82) is 0 Å². The van der Waals surface area contributed by atoms with Crippen molar-refractivity contribution >= 4 is 68.2 Å². The summed E-state index contributed by atoms with van der Waals surface area (Å²) in [6.45, 7) is 4.22. The lowest BCUT2D eigenvalue weighted by atomic mass is 9.72. The van der Waals surface area contributed by atoms with Crippen LogP contribution in [-0.2, 0) is 32.1 Å². The molecule has 6 aromatic rings. The monoisotopic (exact) mass is 916 g/mol. The van der Waals surface area contributed by atoms with Crippen molar-refractivity contribution in [2.24, 2.45) is 5.41 Å². The molecule has 17 nitrogen and oxygen atoms in total. The number of nitrogens with zero attached hydrogens (tertiary/aromatic N) is 9. The zero-order chi connectivity index (χ0) is 45.3. The number of aliphatic hydroxyl groups is 1. The van der Waals surface area contributed by atoms with Gasteiger partial charge in [-0.2, -0.15) is 5.10 Å². The minimum Gasteiger partial charge on any atom is -0.389 e. The Morgan fingerprint density at radius 3 is 2.52 bits per heavy atom. The summed E-state index contributed by atoms with van der Waals surface area (Å²) in [5.41, 5.74) is 2.83. The molecule has 4 amide bonds. The van der Waals surface area contributed by atoms with Crippen molar-refractivity contribution in [2.45, 2.75) is 69.2 Å². The van der Waals surface area contributed by atoms with Gasteiger partial charge in [0.05, 0.1) is 40.6 Å². The largest absolute Gasteiger partial charge is 0.389 e. The van der Waals surface area contributed by atoms with Crippen LogP contribution in [0.1, 0.15) is 56.0 Å². The molecule has 1 spiro atoms. The minimum absolute atomic E-state index is 0.00308. The Hall–Kier alpha value is -6.80. The van der Waals surface area contributed by atoms with Gasteiger partial charge >= 0.3 is 0 Å². The number of nitrogens with one attached hydrogen (secondary N) is 3. The molecule has 4 fully saturated rings. The highest BCUT2D eigenvalue weighted by molar-refractivity contribution is 7.13. The number of likely N-dealkylation sites (tertiary alicyclic amines) is 1. The maximum Gasteiger partial charge on any atom is 0.257 e. The van der Waals surface area contributed by atoms with Crippen molar-refractivity contribution in [1.82, 2.24) is 39.5 Å². The summed E-state index contributed by atoms with van der Waals surface area (Å²) < 4.78 is 34.6. The van der Waals surface area contributed by atoms with Crippen LogP contribution in [0.3, 0.4) is 0 Å². The molecule has 9 heterocycles. The first-order chi connectivity index (χ1) is 31.9. The molecule has 11 rings (SSSR count). The summed E-state index contributed by atoms with van der Waals surface area (Å²) in [7, 11) is 0. The average Bonchev–Trinajstić information content (AvgIpc) is 4.10. The summed E-state index contributed by atoms with van der Waals surface area (Å²) in [5, 5.41) is 26.8. The average molecular weight is 917 g/mol. The number of rotatable bonds is 11. The Morgan fingerprint density at radius 1 is 0.939 bits per heavy atom. The molecule has 4 saturated heterocycles. The van der Waals surface area contributed by atoms with E-state index >= 15 is 8.78 Å². The van der Waals surface area contributed by atoms with Crippen LogP contribution in [0.4, 0.5) is 31.1 Å². The van der Waals surface area contributed by atoms with E-state index in [1.807, 2.05) is 21.6 Å². The lowest BCUT2D eigenvalue weighted by molar-refractivity contribution is -0.151. The van der Waals surface area contributed by atoms with Crippen molar-refractivity contribution in [3.8, 4) is 11.1 Å². The topological polar surface area (TPSA) is 196 Å². The zero-order valence-electron chi connectivity index (χ0n) is 35.8. The fraction of sp³-hybridized carbons (Fsp3) is 0.391. The van der Waals surface area contributed by atoms with E-state index in [2.05, 4.69) is 30.8 Å². The van der Waals surface area contributed by atoms with Gasteiger partial charge in [-0.15, -0.1) is 11.3 Å². The maximum absolute atomic E-state index is 15.8. The number of carbonyl (C=O) groups is 4. The Labute approximate surface area is 380 Å². The first kappa shape index (κ1) is 41.9. The first-order valence-electron chi connectivity index (χ1n) is 22.2. The number of hydrogen-bond acceptors (Lipinski definition) is 13. The second-order valence-corrected chi connectivity index (χ2v) is 19.2. The van der Waals surface area contributed by atoms with Gasteiger partial charge in [0.1, 0.15) is 23.5 Å². The third-order valence-electron chi connectivity index (χ3n) is 13.7. The maximum atomic E-state index is 15.8. The van der Waals surface area contributed by atoms with E-state index in [4.69, 9.17) is 10.1 Å². The third kappa shape index (κ3) is 7.80. The molecule has 20 heteroatoms. The number of imide groups is 1. The molecule has 4 N–H and O–H groups in total. The van der Waals surface area contributed by atoms with Crippen LogP contribution < -0.4 is 25.8 Å². The van der Waals surface area contributed by atoms with Gasteiger partial charge in [-0.25, -0.2) is 23.7 Å². The molecule has 4 aromatic heterocycles. The normalized spacial score (nSPS) is 20.2. The SMILES string of the molecule is O=C1CCC(Nc2ccc(N3CCC(O)(CC(=O)N4CC5(C4)CN(c4ccc(-c6cc(F)c7cn(C(C(=O)Nc8nccs8)c8ncn9c8CCC9)nc7c6)cn4)C5)CC3)c(F)c2)C(=O)N1. The van der Waals surface area contributed by atoms with Crippen LogP contribution in [0.2, 0.25) is 0 Å². The number of thiazole rings is 1.